The zero-order chi connectivity index (χ0) is 68.3. The lowest BCUT2D eigenvalue weighted by molar-refractivity contribution is -0.160. The minimum Gasteiger partial charge on any atom is -0.507 e. The van der Waals surface area contributed by atoms with Gasteiger partial charge in [0.15, 0.2) is 34.0 Å². The molecule has 6 aromatic rings. The van der Waals surface area contributed by atoms with Crippen molar-refractivity contribution < 1.29 is 72.4 Å². The number of hydrogen-bond donors (Lipinski definition) is 6. The van der Waals surface area contributed by atoms with Crippen molar-refractivity contribution in [3.05, 3.63) is 113 Å². The number of methoxy groups -OCH3 is 1. The van der Waals surface area contributed by atoms with Gasteiger partial charge in [0.05, 0.1) is 52.1 Å². The van der Waals surface area contributed by atoms with Crippen LogP contribution in [0.4, 0.5) is 21.5 Å². The smallest absolute Gasteiger partial charge is 0.341 e. The lowest BCUT2D eigenvalue weighted by Crippen LogP contribution is -2.47. The number of amides is 1. The number of ether oxygens (including phenoxy) is 5. The van der Waals surface area contributed by atoms with Gasteiger partial charge in [0.2, 0.25) is 16.3 Å². The maximum absolute atomic E-state index is 15.0. The highest BCUT2D eigenvalue weighted by Crippen LogP contribution is 2.44. The molecule has 4 aromatic carbocycles. The number of carboxylic acid groups (broad SMARTS) is 1. The number of halogens is 1. The van der Waals surface area contributed by atoms with Crippen molar-refractivity contribution in [2.45, 2.75) is 112 Å². The first-order chi connectivity index (χ1) is 44.5. The molecular weight excluding hydrogens is 1220 g/mol. The Morgan fingerprint density at radius 1 is 0.862 bits per heavy atom. The van der Waals surface area contributed by atoms with Gasteiger partial charge in [-0.15, -0.1) is 0 Å². The largest absolute Gasteiger partial charge is 0.507 e. The van der Waals surface area contributed by atoms with Crippen LogP contribution in [0, 0.1) is 42.3 Å². The Morgan fingerprint density at radius 2 is 1.54 bits per heavy atom. The maximum atomic E-state index is 15.0. The van der Waals surface area contributed by atoms with E-state index in [0.29, 0.717) is 54.7 Å². The molecule has 2 saturated heterocycles. The molecule has 2 fully saturated rings. The van der Waals surface area contributed by atoms with Crippen LogP contribution in [0.5, 0.6) is 17.2 Å². The van der Waals surface area contributed by atoms with Crippen LogP contribution in [0.1, 0.15) is 91.2 Å². The van der Waals surface area contributed by atoms with Crippen LogP contribution in [-0.4, -0.2) is 173 Å². The van der Waals surface area contributed by atoms with Gasteiger partial charge in [-0.05, 0) is 45.9 Å². The van der Waals surface area contributed by atoms with Crippen LogP contribution in [0.15, 0.2) is 79.3 Å². The number of fused-ring (bicyclic) bond motifs is 2. The SMILES string of the molecule is CC1COc2c(N3CCN(C)CC3)c(F)cc3c(=O)c(C(=O)O)cn1c23.CO[C@H]1/C=C/O[C@@]2(C)Oc3c(C)c(O)c4c(=O)c(c5oc6cc(N7CCN(CC(C)C)CC7)cc(=O)c6nc5c4c3=C2O)NC(=O)/C(C)=C\C=C\[C@H](C)[C@H](O)[C@@H](C)[C@@H](O)[C@@H](C)[C@H](OC(C)=O)[C@@H]1C. The normalized spacial score (nSPS) is 26.9. The summed E-state index contributed by atoms with van der Waals surface area (Å²) < 4.78 is 53.1. The molecule has 25 heteroatoms. The number of aromatic nitrogens is 2. The molecule has 5 aliphatic heterocycles. The summed E-state index contributed by atoms with van der Waals surface area (Å²) in [6, 6.07) is 4.15. The van der Waals surface area contributed by atoms with Crippen LogP contribution in [0.3, 0.4) is 0 Å². The highest BCUT2D eigenvalue weighted by atomic mass is 19.1. The van der Waals surface area contributed by atoms with Gasteiger partial charge >= 0.3 is 17.7 Å². The van der Waals surface area contributed by atoms with Gasteiger partial charge < -0.3 is 78.2 Å². The summed E-state index contributed by atoms with van der Waals surface area (Å²) in [6.07, 6.45) is 4.91. The molecule has 10 atom stereocenters. The minimum atomic E-state index is -1.98. The van der Waals surface area contributed by atoms with E-state index >= 15 is 0 Å². The Morgan fingerprint density at radius 3 is 2.19 bits per heavy atom. The Kier molecular flexibility index (Phi) is 19.6. The summed E-state index contributed by atoms with van der Waals surface area (Å²) in [7, 11) is 3.46. The predicted octanol–water partition coefficient (Wildman–Crippen LogP) is 6.88. The molecule has 0 aliphatic carbocycles. The fourth-order valence-electron chi connectivity index (χ4n) is 13.5. The molecule has 5 aliphatic rings. The molecule has 1 unspecified atom stereocenters. The number of allylic oxidation sites excluding steroid dienone is 2. The van der Waals surface area contributed by atoms with Crippen molar-refractivity contribution in [3.8, 4) is 17.2 Å². The third-order valence-corrected chi connectivity index (χ3v) is 19.0. The van der Waals surface area contributed by atoms with E-state index in [1.165, 1.54) is 65.5 Å². The van der Waals surface area contributed by atoms with Crippen LogP contribution >= 0.6 is 0 Å². The summed E-state index contributed by atoms with van der Waals surface area (Å²) in [6.45, 7) is 25.9. The molecule has 6 N–H and O–H groups in total. The zero-order valence-electron chi connectivity index (χ0n) is 55.2. The number of aliphatic hydroxyl groups is 3. The predicted molar refractivity (Wildman–Crippen MR) is 354 cm³/mol. The van der Waals surface area contributed by atoms with Crippen LogP contribution in [0.2, 0.25) is 0 Å². The quantitative estimate of drug-likeness (QED) is 0.0539. The van der Waals surface area contributed by atoms with Crippen molar-refractivity contribution in [1.82, 2.24) is 19.4 Å². The van der Waals surface area contributed by atoms with Gasteiger partial charge in [0.25, 0.3) is 5.91 Å². The van der Waals surface area contributed by atoms with Crippen LogP contribution < -0.4 is 46.1 Å². The van der Waals surface area contributed by atoms with Gasteiger partial charge in [0.1, 0.15) is 46.7 Å². The molecular formula is C69H84FN7O17. The molecule has 0 saturated carbocycles. The third-order valence-electron chi connectivity index (χ3n) is 19.0. The number of nitrogens with one attached hydrogen (secondary N) is 1. The number of phenolic OH excluding ortho intramolecular Hbond substituents is 1. The third kappa shape index (κ3) is 12.8. The van der Waals surface area contributed by atoms with E-state index in [1.807, 2.05) is 18.9 Å². The number of anilines is 3. The number of nitrogens with zero attached hydrogens (tertiary/aromatic N) is 6. The van der Waals surface area contributed by atoms with E-state index in [-0.39, 0.29) is 84.4 Å². The van der Waals surface area contributed by atoms with E-state index in [0.717, 1.165) is 38.8 Å². The van der Waals surface area contributed by atoms with E-state index in [2.05, 4.69) is 33.9 Å². The molecule has 0 spiro atoms. The van der Waals surface area contributed by atoms with Gasteiger partial charge in [0, 0.05) is 144 Å². The molecule has 2 aromatic heterocycles. The lowest BCUT2D eigenvalue weighted by Gasteiger charge is -2.38. The molecule has 0 radical (unpaired) electrons. The van der Waals surface area contributed by atoms with Gasteiger partial charge in [-0.25, -0.2) is 14.2 Å². The fourth-order valence-corrected chi connectivity index (χ4v) is 13.5. The Hall–Kier alpha value is -8.62. The lowest BCUT2D eigenvalue weighted by atomic mass is 9.78. The Balaban J connectivity index is 0.000000306. The average Bonchev–Trinajstić information content (AvgIpc) is 1.47. The number of carboxylic acids is 1. The van der Waals surface area contributed by atoms with E-state index in [1.54, 1.807) is 50.5 Å². The Bertz CT molecular complexity index is 4340. The molecule has 7 heterocycles. The van der Waals surface area contributed by atoms with Crippen LogP contribution in [-0.2, 0) is 23.8 Å². The number of phenols is 1. The monoisotopic (exact) mass is 1300 g/mol. The summed E-state index contributed by atoms with van der Waals surface area (Å²) in [4.78, 5) is 92.8. The van der Waals surface area contributed by atoms with Crippen molar-refractivity contribution in [3.63, 3.8) is 0 Å². The topological polar surface area (TPSA) is 306 Å². The first-order valence-corrected chi connectivity index (χ1v) is 31.8. The standard InChI is InChI=1S/C51H64N4O13.C18H20FN3O4/c1-24(2)23-54-16-18-55(19-17-54)32-21-33(57)39-35(22-32)67-48-40(52-39)36-37-44(60)30(8)47-38(36)49(62)51(10,68-47)65-20-15-34(64-11)27(5)46(66-31(9)56)29(7)43(59)28(6)42(58)25(3)13-12-14-26(4)50(63)53-41(48)45(37)61;1-10-9-26-17-14-11(16(23)12(18(24)25)8-22(10)14)7-13(19)15(17)21-5-3-20(2)4-6-21/h12-15,20-22,24-25,27-29,34,42-43,46,58-60,62H,16-19,23H2,1-11H3,(H,53,63);7-8,10H,3-6,9H2,1-2H3,(H,24,25)/b13-12+,20-15+,26-14-;/t25-,27+,28+,29+,34-,42-,43+,46+,51-;/m0./s1. The van der Waals surface area contributed by atoms with Crippen molar-refractivity contribution in [2.24, 2.45) is 29.6 Å². The van der Waals surface area contributed by atoms with Crippen molar-refractivity contribution in [1.29, 1.82) is 0 Å². The minimum absolute atomic E-state index is 0.0390. The summed E-state index contributed by atoms with van der Waals surface area (Å²) >= 11 is 0. The number of esters is 1. The number of piperazine rings is 2. The Labute approximate surface area is 541 Å². The summed E-state index contributed by atoms with van der Waals surface area (Å²) in [5.41, 5.74) is -1.57. The number of aromatic hydroxyl groups is 1. The highest BCUT2D eigenvalue weighted by molar-refractivity contribution is 6.17. The highest BCUT2D eigenvalue weighted by Gasteiger charge is 2.45. The summed E-state index contributed by atoms with van der Waals surface area (Å²) in [5, 5.41) is 58.7. The maximum Gasteiger partial charge on any atom is 0.341 e. The second kappa shape index (κ2) is 27.0. The number of rotatable bonds is 7. The second-order valence-electron chi connectivity index (χ2n) is 26.2. The number of carbonyl (C=O) groups is 3. The number of pyridine rings is 1. The van der Waals surface area contributed by atoms with E-state index in [9.17, 15) is 58.7 Å². The molecule has 4 bridgehead atoms. The molecule has 11 rings (SSSR count). The van der Waals surface area contributed by atoms with E-state index in [4.69, 9.17) is 33.1 Å². The molecule has 94 heavy (non-hydrogen) atoms. The first-order valence-electron chi connectivity index (χ1n) is 31.8. The molecule has 504 valence electrons. The van der Waals surface area contributed by atoms with Gasteiger partial charge in [-0.3, -0.25) is 28.9 Å². The second-order valence-corrected chi connectivity index (χ2v) is 26.2. The first kappa shape index (κ1) is 68.2. The number of aromatic carboxylic acids is 1. The molecule has 24 nitrogen and oxygen atoms in total. The fraction of sp³-hybridized carbons (Fsp3) is 0.493. The average molecular weight is 1300 g/mol. The number of hydrogen-bond acceptors (Lipinski definition) is 21. The van der Waals surface area contributed by atoms with Crippen molar-refractivity contribution >= 4 is 84.5 Å². The summed E-state index contributed by atoms with van der Waals surface area (Å²) in [5.74, 6) is -7.97. The van der Waals surface area contributed by atoms with Gasteiger partial charge in [-0.1, -0.05) is 59.8 Å². The van der Waals surface area contributed by atoms with Crippen LogP contribution in [0.25, 0.3) is 49.6 Å². The number of carbonyl (C=O) groups excluding carboxylic acids is 2. The van der Waals surface area contributed by atoms with E-state index < -0.39 is 105 Å². The zero-order valence-corrected chi connectivity index (χ0v) is 55.2. The van der Waals surface area contributed by atoms with Crippen molar-refractivity contribution in [2.75, 3.05) is 94.8 Å². The van der Waals surface area contributed by atoms with Gasteiger partial charge in [-0.2, -0.15) is 0 Å². The molecule has 1 amide bonds. The number of benzene rings is 4. The number of likely N-dealkylation sites (N-methyl/N-ethyl adjacent to an activating group) is 1. The number of aliphatic hydroxyl groups excluding tert-OH is 3.